The summed E-state index contributed by atoms with van der Waals surface area (Å²) in [7, 11) is 1.87. The second kappa shape index (κ2) is 7.66. The normalized spacial score (nSPS) is 19.3. The molecule has 3 aromatic heterocycles. The number of rotatable bonds is 5. The Kier molecular flexibility index (Phi) is 4.84. The summed E-state index contributed by atoms with van der Waals surface area (Å²) >= 11 is 0. The number of hydrogen-bond acceptors (Lipinski definition) is 6. The SMILES string of the molecule is CCN(C)C(=O)[C@@H]1CCCN(c2ccc3nc(-c4ccnc(C5CC5)n4)[nH]c3n2)C1. The number of hydrogen-bond donors (Lipinski definition) is 1. The third-order valence-electron chi connectivity index (χ3n) is 6.13. The van der Waals surface area contributed by atoms with Crippen LogP contribution >= 0.6 is 0 Å². The first-order chi connectivity index (χ1) is 14.6. The maximum atomic E-state index is 12.6. The van der Waals surface area contributed by atoms with Gasteiger partial charge in [-0.05, 0) is 50.8 Å². The average molecular weight is 406 g/mol. The van der Waals surface area contributed by atoms with E-state index in [4.69, 9.17) is 4.98 Å². The number of nitrogens with one attached hydrogen (secondary N) is 1. The molecule has 1 N–H and O–H groups in total. The van der Waals surface area contributed by atoms with Crippen molar-refractivity contribution in [2.45, 2.75) is 38.5 Å². The van der Waals surface area contributed by atoms with Crippen LogP contribution in [0.1, 0.15) is 44.3 Å². The minimum Gasteiger partial charge on any atom is -0.356 e. The lowest BCUT2D eigenvalue weighted by Crippen LogP contribution is -2.44. The Morgan fingerprint density at radius 2 is 2.07 bits per heavy atom. The first-order valence-electron chi connectivity index (χ1n) is 10.8. The van der Waals surface area contributed by atoms with E-state index in [1.807, 2.05) is 37.1 Å². The summed E-state index contributed by atoms with van der Waals surface area (Å²) in [6.07, 6.45) is 6.07. The number of imidazole rings is 1. The van der Waals surface area contributed by atoms with Gasteiger partial charge in [-0.15, -0.1) is 0 Å². The largest absolute Gasteiger partial charge is 0.356 e. The standard InChI is InChI=1S/C22H27N7O/c1-3-28(2)22(30)15-5-4-12-29(13-15)18-9-8-16-21(26-18)27-20(25-16)17-10-11-23-19(24-17)14-6-7-14/h8-11,14-15H,3-7,12-13H2,1-2H3,(H,25,26,27)/t15-/m1/s1. The number of piperidine rings is 1. The van der Waals surface area contributed by atoms with E-state index in [0.29, 0.717) is 12.5 Å². The lowest BCUT2D eigenvalue weighted by molar-refractivity contribution is -0.134. The van der Waals surface area contributed by atoms with Gasteiger partial charge in [-0.3, -0.25) is 4.79 Å². The molecule has 8 heteroatoms. The van der Waals surface area contributed by atoms with Crippen LogP contribution in [0, 0.1) is 5.92 Å². The fraction of sp³-hybridized carbons (Fsp3) is 0.500. The van der Waals surface area contributed by atoms with E-state index in [1.54, 1.807) is 6.20 Å². The first kappa shape index (κ1) is 19.0. The minimum absolute atomic E-state index is 0.0281. The minimum atomic E-state index is 0.0281. The van der Waals surface area contributed by atoms with Crippen LogP contribution in [0.4, 0.5) is 5.82 Å². The van der Waals surface area contributed by atoms with E-state index in [-0.39, 0.29) is 11.8 Å². The molecule has 1 atom stereocenters. The number of aromatic amines is 1. The van der Waals surface area contributed by atoms with Gasteiger partial charge < -0.3 is 14.8 Å². The fourth-order valence-corrected chi connectivity index (χ4v) is 4.08. The van der Waals surface area contributed by atoms with Gasteiger partial charge in [-0.25, -0.2) is 19.9 Å². The molecule has 0 radical (unpaired) electrons. The van der Waals surface area contributed by atoms with Crippen molar-refractivity contribution < 1.29 is 4.79 Å². The number of nitrogens with zero attached hydrogens (tertiary/aromatic N) is 6. The quantitative estimate of drug-likeness (QED) is 0.702. The van der Waals surface area contributed by atoms with Crippen LogP contribution in [0.25, 0.3) is 22.7 Å². The maximum Gasteiger partial charge on any atom is 0.227 e. The molecule has 0 unspecified atom stereocenters. The highest BCUT2D eigenvalue weighted by atomic mass is 16.2. The molecule has 8 nitrogen and oxygen atoms in total. The zero-order chi connectivity index (χ0) is 20.7. The molecule has 0 aromatic carbocycles. The van der Waals surface area contributed by atoms with Gasteiger partial charge in [0.1, 0.15) is 22.9 Å². The van der Waals surface area contributed by atoms with Crippen LogP contribution in [0.15, 0.2) is 24.4 Å². The summed E-state index contributed by atoms with van der Waals surface area (Å²) in [6.45, 7) is 4.37. The summed E-state index contributed by atoms with van der Waals surface area (Å²) in [5.41, 5.74) is 2.36. The molecular formula is C22H27N7O. The molecule has 2 fully saturated rings. The summed E-state index contributed by atoms with van der Waals surface area (Å²) in [5.74, 6) is 3.26. The molecule has 1 aliphatic carbocycles. The van der Waals surface area contributed by atoms with Gasteiger partial charge >= 0.3 is 0 Å². The topological polar surface area (TPSA) is 90.9 Å². The number of carbonyl (C=O) groups is 1. The third kappa shape index (κ3) is 3.62. The number of aromatic nitrogens is 5. The summed E-state index contributed by atoms with van der Waals surface area (Å²) in [5, 5.41) is 0. The van der Waals surface area contributed by atoms with Gasteiger partial charge in [0.2, 0.25) is 5.91 Å². The van der Waals surface area contributed by atoms with Crippen molar-refractivity contribution in [3.05, 3.63) is 30.2 Å². The molecule has 4 heterocycles. The Balaban J connectivity index is 1.39. The second-order valence-corrected chi connectivity index (χ2v) is 8.33. The number of anilines is 1. The number of fused-ring (bicyclic) bond motifs is 1. The lowest BCUT2D eigenvalue weighted by Gasteiger charge is -2.34. The molecule has 5 rings (SSSR count). The van der Waals surface area contributed by atoms with Crippen molar-refractivity contribution in [2.24, 2.45) is 5.92 Å². The van der Waals surface area contributed by atoms with Crippen molar-refractivity contribution in [3.8, 4) is 11.5 Å². The van der Waals surface area contributed by atoms with E-state index >= 15 is 0 Å². The van der Waals surface area contributed by atoms with Crippen LogP contribution in [-0.2, 0) is 4.79 Å². The number of amides is 1. The van der Waals surface area contributed by atoms with Crippen molar-refractivity contribution in [1.29, 1.82) is 0 Å². The molecule has 1 aliphatic heterocycles. The molecular weight excluding hydrogens is 378 g/mol. The fourth-order valence-electron chi connectivity index (χ4n) is 4.08. The maximum absolute atomic E-state index is 12.6. The summed E-state index contributed by atoms with van der Waals surface area (Å²) in [4.78, 5) is 38.5. The first-order valence-corrected chi connectivity index (χ1v) is 10.8. The van der Waals surface area contributed by atoms with Crippen LogP contribution in [-0.4, -0.2) is 62.4 Å². The second-order valence-electron chi connectivity index (χ2n) is 8.33. The molecule has 0 spiro atoms. The summed E-state index contributed by atoms with van der Waals surface area (Å²) in [6, 6.07) is 5.87. The van der Waals surface area contributed by atoms with Gasteiger partial charge in [-0.1, -0.05) is 0 Å². The molecule has 1 saturated carbocycles. The Labute approximate surface area is 175 Å². The van der Waals surface area contributed by atoms with Crippen LogP contribution in [0.2, 0.25) is 0 Å². The Hall–Kier alpha value is -3.03. The summed E-state index contributed by atoms with van der Waals surface area (Å²) < 4.78 is 0. The van der Waals surface area contributed by atoms with E-state index < -0.39 is 0 Å². The van der Waals surface area contributed by atoms with E-state index in [0.717, 1.165) is 60.3 Å². The van der Waals surface area contributed by atoms with Crippen molar-refractivity contribution in [1.82, 2.24) is 29.8 Å². The molecule has 1 saturated heterocycles. The lowest BCUT2D eigenvalue weighted by atomic mass is 9.96. The van der Waals surface area contributed by atoms with Gasteiger partial charge in [0.25, 0.3) is 0 Å². The van der Waals surface area contributed by atoms with Gasteiger partial charge in [0.15, 0.2) is 11.5 Å². The molecule has 0 bridgehead atoms. The highest BCUT2D eigenvalue weighted by molar-refractivity contribution is 5.80. The molecule has 2 aliphatic rings. The number of H-pyrrole nitrogens is 1. The highest BCUT2D eigenvalue weighted by Crippen LogP contribution is 2.38. The van der Waals surface area contributed by atoms with Crippen molar-refractivity contribution in [3.63, 3.8) is 0 Å². The Morgan fingerprint density at radius 3 is 2.87 bits per heavy atom. The molecule has 3 aromatic rings. The van der Waals surface area contributed by atoms with Gasteiger partial charge in [0.05, 0.1) is 5.92 Å². The van der Waals surface area contributed by atoms with Crippen LogP contribution in [0.3, 0.4) is 0 Å². The third-order valence-corrected chi connectivity index (χ3v) is 6.13. The van der Waals surface area contributed by atoms with Crippen LogP contribution < -0.4 is 4.90 Å². The van der Waals surface area contributed by atoms with Crippen LogP contribution in [0.5, 0.6) is 0 Å². The van der Waals surface area contributed by atoms with E-state index in [9.17, 15) is 4.79 Å². The van der Waals surface area contributed by atoms with Crippen molar-refractivity contribution in [2.75, 3.05) is 31.6 Å². The van der Waals surface area contributed by atoms with E-state index in [2.05, 4.69) is 24.8 Å². The number of pyridine rings is 1. The zero-order valence-electron chi connectivity index (χ0n) is 17.5. The average Bonchev–Trinajstić information content (AvgIpc) is 3.56. The van der Waals surface area contributed by atoms with Gasteiger partial charge in [0, 0.05) is 38.8 Å². The Bertz CT molecular complexity index is 1070. The monoisotopic (exact) mass is 405 g/mol. The molecule has 30 heavy (non-hydrogen) atoms. The van der Waals surface area contributed by atoms with E-state index in [1.165, 1.54) is 12.8 Å². The molecule has 1 amide bonds. The predicted molar refractivity (Wildman–Crippen MR) is 115 cm³/mol. The smallest absolute Gasteiger partial charge is 0.227 e. The number of carbonyl (C=O) groups excluding carboxylic acids is 1. The zero-order valence-corrected chi connectivity index (χ0v) is 17.5. The predicted octanol–water partition coefficient (Wildman–Crippen LogP) is 2.99. The van der Waals surface area contributed by atoms with Crippen molar-refractivity contribution >= 4 is 22.9 Å². The highest BCUT2D eigenvalue weighted by Gasteiger charge is 2.29. The Morgan fingerprint density at radius 1 is 1.20 bits per heavy atom. The molecule has 156 valence electrons. The van der Waals surface area contributed by atoms with Gasteiger partial charge in [-0.2, -0.15) is 0 Å².